The molecule has 2 aromatic rings. The zero-order chi connectivity index (χ0) is 24.3. The Balaban J connectivity index is 1.39. The van der Waals surface area contributed by atoms with Crippen LogP contribution in [0.1, 0.15) is 38.3 Å². The molecular formula is C25H32N2O6S. The fourth-order valence-corrected chi connectivity index (χ4v) is 5.89. The van der Waals surface area contributed by atoms with Crippen molar-refractivity contribution in [3.8, 4) is 17.2 Å². The Labute approximate surface area is 201 Å². The Bertz CT molecular complexity index is 1110. The first kappa shape index (κ1) is 24.3. The molecule has 2 heterocycles. The molecule has 0 saturated carbocycles. The summed E-state index contributed by atoms with van der Waals surface area (Å²) in [7, 11) is -2.05. The first-order valence-electron chi connectivity index (χ1n) is 11.6. The molecule has 1 amide bonds. The quantitative estimate of drug-likeness (QED) is 0.642. The van der Waals surface area contributed by atoms with Crippen molar-refractivity contribution in [3.05, 3.63) is 48.0 Å². The molecule has 2 aliphatic rings. The molecule has 2 aromatic carbocycles. The molecule has 1 atom stereocenters. The summed E-state index contributed by atoms with van der Waals surface area (Å²) in [5.74, 6) is 1.70. The van der Waals surface area contributed by atoms with E-state index in [2.05, 4.69) is 19.2 Å². The van der Waals surface area contributed by atoms with Crippen LogP contribution in [-0.2, 0) is 14.8 Å². The van der Waals surface area contributed by atoms with E-state index < -0.39 is 10.0 Å². The second kappa shape index (κ2) is 10.2. The number of amides is 1. The number of piperidine rings is 1. The number of nitrogens with zero attached hydrogens (tertiary/aromatic N) is 1. The monoisotopic (exact) mass is 488 g/mol. The maximum atomic E-state index is 13.2. The lowest BCUT2D eigenvalue weighted by Crippen LogP contribution is -2.44. The number of methoxy groups -OCH3 is 1. The molecule has 4 rings (SSSR count). The van der Waals surface area contributed by atoms with Gasteiger partial charge in [-0.15, -0.1) is 0 Å². The number of hydrogen-bond donors (Lipinski definition) is 1. The lowest BCUT2D eigenvalue weighted by Gasteiger charge is -2.32. The second-order valence-electron chi connectivity index (χ2n) is 8.99. The molecule has 1 saturated heterocycles. The number of ether oxygens (including phenoxy) is 3. The van der Waals surface area contributed by atoms with Crippen molar-refractivity contribution in [1.82, 2.24) is 9.62 Å². The molecule has 34 heavy (non-hydrogen) atoms. The van der Waals surface area contributed by atoms with Gasteiger partial charge in [-0.1, -0.05) is 26.0 Å². The van der Waals surface area contributed by atoms with Gasteiger partial charge in [-0.2, -0.15) is 4.31 Å². The van der Waals surface area contributed by atoms with Gasteiger partial charge >= 0.3 is 0 Å². The van der Waals surface area contributed by atoms with Crippen LogP contribution in [0.3, 0.4) is 0 Å². The molecule has 0 bridgehead atoms. The molecule has 0 spiro atoms. The highest BCUT2D eigenvalue weighted by Gasteiger charge is 2.34. The largest absolute Gasteiger partial charge is 0.497 e. The van der Waals surface area contributed by atoms with Crippen molar-refractivity contribution in [2.75, 3.05) is 33.4 Å². The average Bonchev–Trinajstić information content (AvgIpc) is 2.86. The molecule has 8 nitrogen and oxygen atoms in total. The molecule has 0 radical (unpaired) electrons. The van der Waals surface area contributed by atoms with Gasteiger partial charge < -0.3 is 19.5 Å². The number of fused-ring (bicyclic) bond motifs is 1. The van der Waals surface area contributed by atoms with Crippen molar-refractivity contribution in [1.29, 1.82) is 0 Å². The Kier molecular flexibility index (Phi) is 7.33. The van der Waals surface area contributed by atoms with E-state index >= 15 is 0 Å². The topological polar surface area (TPSA) is 94.2 Å². The van der Waals surface area contributed by atoms with Gasteiger partial charge in [-0.3, -0.25) is 4.79 Å². The first-order valence-corrected chi connectivity index (χ1v) is 13.1. The molecule has 1 fully saturated rings. The van der Waals surface area contributed by atoms with E-state index in [0.29, 0.717) is 50.6 Å². The summed E-state index contributed by atoms with van der Waals surface area (Å²) in [6.45, 7) is 5.57. The van der Waals surface area contributed by atoms with Crippen LogP contribution in [0.4, 0.5) is 0 Å². The van der Waals surface area contributed by atoms with Gasteiger partial charge in [0, 0.05) is 25.1 Å². The molecular weight excluding hydrogens is 456 g/mol. The molecule has 2 aliphatic heterocycles. The van der Waals surface area contributed by atoms with Crippen molar-refractivity contribution < 1.29 is 27.4 Å². The van der Waals surface area contributed by atoms with Crippen LogP contribution in [0.25, 0.3) is 0 Å². The van der Waals surface area contributed by atoms with Crippen LogP contribution in [0, 0.1) is 11.8 Å². The Hall–Kier alpha value is -2.78. The van der Waals surface area contributed by atoms with Crippen molar-refractivity contribution >= 4 is 15.9 Å². The zero-order valence-electron chi connectivity index (χ0n) is 19.8. The molecule has 1 N–H and O–H groups in total. The Morgan fingerprint density at radius 1 is 1.03 bits per heavy atom. The van der Waals surface area contributed by atoms with E-state index in [4.69, 9.17) is 14.2 Å². The Morgan fingerprint density at radius 2 is 1.68 bits per heavy atom. The second-order valence-corrected chi connectivity index (χ2v) is 10.9. The summed E-state index contributed by atoms with van der Waals surface area (Å²) in [5, 5.41) is 3.18. The van der Waals surface area contributed by atoms with Crippen LogP contribution in [0.15, 0.2) is 47.4 Å². The molecule has 0 unspecified atom stereocenters. The first-order chi connectivity index (χ1) is 16.3. The summed E-state index contributed by atoms with van der Waals surface area (Å²) in [6, 6.07) is 12.3. The van der Waals surface area contributed by atoms with E-state index in [0.717, 1.165) is 11.3 Å². The zero-order valence-corrected chi connectivity index (χ0v) is 20.6. The molecule has 9 heteroatoms. The van der Waals surface area contributed by atoms with E-state index in [9.17, 15) is 13.2 Å². The Morgan fingerprint density at radius 3 is 2.29 bits per heavy atom. The predicted molar refractivity (Wildman–Crippen MR) is 128 cm³/mol. The summed E-state index contributed by atoms with van der Waals surface area (Å²) in [6.07, 6.45) is 0.950. The molecule has 0 aliphatic carbocycles. The highest BCUT2D eigenvalue weighted by atomic mass is 32.2. The van der Waals surface area contributed by atoms with E-state index in [-0.39, 0.29) is 28.7 Å². The number of sulfonamides is 1. The lowest BCUT2D eigenvalue weighted by molar-refractivity contribution is -0.127. The van der Waals surface area contributed by atoms with Gasteiger partial charge in [-0.25, -0.2) is 8.42 Å². The predicted octanol–water partition coefficient (Wildman–Crippen LogP) is 3.38. The van der Waals surface area contributed by atoms with Crippen LogP contribution in [0.2, 0.25) is 0 Å². The smallest absolute Gasteiger partial charge is 0.243 e. The average molecular weight is 489 g/mol. The van der Waals surface area contributed by atoms with Crippen LogP contribution >= 0.6 is 0 Å². The van der Waals surface area contributed by atoms with E-state index in [1.165, 1.54) is 10.4 Å². The minimum atomic E-state index is -3.68. The van der Waals surface area contributed by atoms with Gasteiger partial charge in [-0.05, 0) is 48.6 Å². The number of nitrogens with one attached hydrogen (secondary N) is 1. The van der Waals surface area contributed by atoms with Crippen molar-refractivity contribution in [3.63, 3.8) is 0 Å². The third-order valence-electron chi connectivity index (χ3n) is 6.42. The highest BCUT2D eigenvalue weighted by Crippen LogP contribution is 2.34. The normalized spacial score (nSPS) is 17.9. The van der Waals surface area contributed by atoms with Crippen LogP contribution in [-0.4, -0.2) is 52.0 Å². The maximum Gasteiger partial charge on any atom is 0.243 e. The minimum Gasteiger partial charge on any atom is -0.497 e. The van der Waals surface area contributed by atoms with Gasteiger partial charge in [0.25, 0.3) is 0 Å². The molecule has 0 aromatic heterocycles. The third kappa shape index (κ3) is 5.15. The van der Waals surface area contributed by atoms with Gasteiger partial charge in [0.05, 0.1) is 18.0 Å². The van der Waals surface area contributed by atoms with Gasteiger partial charge in [0.2, 0.25) is 15.9 Å². The minimum absolute atomic E-state index is 0.0362. The maximum absolute atomic E-state index is 13.2. The highest BCUT2D eigenvalue weighted by molar-refractivity contribution is 7.89. The van der Waals surface area contributed by atoms with Crippen LogP contribution < -0.4 is 19.5 Å². The summed E-state index contributed by atoms with van der Waals surface area (Å²) >= 11 is 0. The number of benzene rings is 2. The number of carbonyl (C=O) groups excluding carboxylic acids is 1. The van der Waals surface area contributed by atoms with Crippen molar-refractivity contribution in [2.24, 2.45) is 11.8 Å². The van der Waals surface area contributed by atoms with Crippen LogP contribution in [0.5, 0.6) is 17.2 Å². The van der Waals surface area contributed by atoms with E-state index in [1.54, 1.807) is 19.2 Å². The van der Waals surface area contributed by atoms with Gasteiger partial charge in [0.1, 0.15) is 19.0 Å². The number of hydrogen-bond acceptors (Lipinski definition) is 6. The van der Waals surface area contributed by atoms with E-state index in [1.807, 2.05) is 24.3 Å². The van der Waals surface area contributed by atoms with Crippen molar-refractivity contribution in [2.45, 2.75) is 37.6 Å². The standard InChI is InChI=1S/C25H32N2O6S/c1-17(2)24(18-4-6-20(31-3)7-5-18)26-25(28)19-10-12-27(13-11-19)34(29,30)21-8-9-22-23(16-21)33-15-14-32-22/h4-9,16-17,19,24H,10-15H2,1-3H3,(H,26,28)/t24-/m1/s1. The SMILES string of the molecule is COc1ccc([C@H](NC(=O)C2CCN(S(=O)(=O)c3ccc4c(c3)OCCO4)CC2)C(C)C)cc1. The fraction of sp³-hybridized carbons (Fsp3) is 0.480. The third-order valence-corrected chi connectivity index (χ3v) is 8.31. The number of rotatable bonds is 7. The summed E-state index contributed by atoms with van der Waals surface area (Å²) < 4.78 is 44.0. The van der Waals surface area contributed by atoms with Gasteiger partial charge in [0.15, 0.2) is 11.5 Å². The summed E-state index contributed by atoms with van der Waals surface area (Å²) in [4.78, 5) is 13.2. The number of carbonyl (C=O) groups is 1. The lowest BCUT2D eigenvalue weighted by atomic mass is 9.92. The summed E-state index contributed by atoms with van der Waals surface area (Å²) in [5.41, 5.74) is 1.02. The molecule has 184 valence electrons. The fourth-order valence-electron chi connectivity index (χ4n) is 4.41.